The maximum atomic E-state index is 14.0. The third kappa shape index (κ3) is 3.36. The maximum absolute atomic E-state index is 14.0. The molecule has 1 aromatic carbocycles. The van der Waals surface area contributed by atoms with Crippen LogP contribution in [0.15, 0.2) is 22.7 Å². The van der Waals surface area contributed by atoms with Crippen molar-refractivity contribution in [1.82, 2.24) is 4.90 Å². The van der Waals surface area contributed by atoms with Crippen molar-refractivity contribution in [2.24, 2.45) is 5.73 Å². The highest BCUT2D eigenvalue weighted by molar-refractivity contribution is 9.10. The predicted molar refractivity (Wildman–Crippen MR) is 82.6 cm³/mol. The summed E-state index contributed by atoms with van der Waals surface area (Å²) in [6.45, 7) is 10.3. The van der Waals surface area contributed by atoms with Crippen LogP contribution in [-0.2, 0) is 0 Å². The van der Waals surface area contributed by atoms with Gasteiger partial charge in [-0.25, -0.2) is 4.39 Å². The van der Waals surface area contributed by atoms with Gasteiger partial charge in [-0.05, 0) is 44.6 Å². The van der Waals surface area contributed by atoms with Crippen LogP contribution in [-0.4, -0.2) is 23.5 Å². The molecule has 0 aromatic heterocycles. The first kappa shape index (κ1) is 16.6. The zero-order chi connectivity index (χ0) is 14.6. The van der Waals surface area contributed by atoms with Gasteiger partial charge in [0.15, 0.2) is 0 Å². The fraction of sp³-hybridized carbons (Fsp3) is 0.600. The van der Waals surface area contributed by atoms with E-state index in [1.54, 1.807) is 12.1 Å². The van der Waals surface area contributed by atoms with Crippen LogP contribution >= 0.6 is 15.9 Å². The lowest BCUT2D eigenvalue weighted by molar-refractivity contribution is 0.0832. The second-order valence-corrected chi connectivity index (χ2v) is 5.94. The largest absolute Gasteiger partial charge is 0.322 e. The van der Waals surface area contributed by atoms with Crippen molar-refractivity contribution < 1.29 is 4.39 Å². The molecule has 0 radical (unpaired) electrons. The quantitative estimate of drug-likeness (QED) is 0.850. The molecule has 2 atom stereocenters. The molecule has 1 aromatic rings. The molecule has 0 heterocycles. The molecule has 2 N–H and O–H groups in total. The Balaban J connectivity index is 3.20. The van der Waals surface area contributed by atoms with Crippen LogP contribution in [0.5, 0.6) is 0 Å². The highest BCUT2D eigenvalue weighted by atomic mass is 79.9. The number of rotatable bonds is 6. The summed E-state index contributed by atoms with van der Waals surface area (Å²) in [6.07, 6.45) is 0.877. The van der Waals surface area contributed by atoms with Gasteiger partial charge in [0.2, 0.25) is 0 Å². The van der Waals surface area contributed by atoms with Gasteiger partial charge < -0.3 is 5.73 Å². The Kier molecular flexibility index (Phi) is 5.96. The average molecular weight is 331 g/mol. The monoisotopic (exact) mass is 330 g/mol. The number of nitrogens with zero attached hydrogens (tertiary/aromatic N) is 1. The molecule has 0 aliphatic carbocycles. The number of nitrogens with two attached hydrogens (primary N) is 1. The summed E-state index contributed by atoms with van der Waals surface area (Å²) in [5.74, 6) is -0.234. The Hall–Kier alpha value is -0.450. The van der Waals surface area contributed by atoms with E-state index in [9.17, 15) is 4.39 Å². The van der Waals surface area contributed by atoms with Gasteiger partial charge in [0, 0.05) is 15.6 Å². The SMILES string of the molecule is CCN(CC)C(C)(CC)C(N)c1cc(Br)ccc1F. The summed E-state index contributed by atoms with van der Waals surface area (Å²) < 4.78 is 14.9. The van der Waals surface area contributed by atoms with Crippen LogP contribution < -0.4 is 5.73 Å². The van der Waals surface area contributed by atoms with E-state index in [0.29, 0.717) is 5.56 Å². The van der Waals surface area contributed by atoms with Crippen LogP contribution in [0.3, 0.4) is 0 Å². The highest BCUT2D eigenvalue weighted by Crippen LogP contribution is 2.34. The lowest BCUT2D eigenvalue weighted by atomic mass is 9.83. The van der Waals surface area contributed by atoms with Crippen LogP contribution in [0, 0.1) is 5.82 Å². The lowest BCUT2D eigenvalue weighted by Crippen LogP contribution is -2.53. The smallest absolute Gasteiger partial charge is 0.128 e. The summed E-state index contributed by atoms with van der Waals surface area (Å²) in [7, 11) is 0. The molecule has 0 fully saturated rings. The van der Waals surface area contributed by atoms with Gasteiger partial charge in [-0.15, -0.1) is 0 Å². The normalized spacial score (nSPS) is 16.4. The molecule has 1 rings (SSSR count). The van der Waals surface area contributed by atoms with Gasteiger partial charge in [0.1, 0.15) is 5.82 Å². The van der Waals surface area contributed by atoms with Gasteiger partial charge in [0.05, 0.1) is 6.04 Å². The fourth-order valence-corrected chi connectivity index (χ4v) is 3.05. The summed E-state index contributed by atoms with van der Waals surface area (Å²) >= 11 is 3.39. The van der Waals surface area contributed by atoms with Crippen LogP contribution in [0.25, 0.3) is 0 Å². The Bertz CT molecular complexity index is 421. The summed E-state index contributed by atoms with van der Waals surface area (Å²) in [6, 6.07) is 4.61. The van der Waals surface area contributed by atoms with Crippen molar-refractivity contribution in [3.63, 3.8) is 0 Å². The molecule has 0 amide bonds. The second kappa shape index (κ2) is 6.82. The molecule has 0 bridgehead atoms. The first-order valence-corrected chi connectivity index (χ1v) is 7.65. The Morgan fingerprint density at radius 2 is 1.89 bits per heavy atom. The standard InChI is InChI=1S/C15H24BrFN2/c1-5-15(4,19(6-2)7-3)14(18)12-10-11(16)8-9-13(12)17/h8-10,14H,5-7,18H2,1-4H3. The maximum Gasteiger partial charge on any atom is 0.128 e. The van der Waals surface area contributed by atoms with E-state index in [2.05, 4.69) is 48.5 Å². The van der Waals surface area contributed by atoms with Crippen LogP contribution in [0.1, 0.15) is 45.7 Å². The molecule has 0 saturated carbocycles. The number of hydrogen-bond acceptors (Lipinski definition) is 2. The molecule has 4 heteroatoms. The van der Waals surface area contributed by atoms with Crippen molar-refractivity contribution in [2.75, 3.05) is 13.1 Å². The van der Waals surface area contributed by atoms with Crippen molar-refractivity contribution in [3.05, 3.63) is 34.1 Å². The van der Waals surface area contributed by atoms with Gasteiger partial charge >= 0.3 is 0 Å². The zero-order valence-corrected chi connectivity index (χ0v) is 13.8. The molecule has 2 nitrogen and oxygen atoms in total. The predicted octanol–water partition coefficient (Wildman–Crippen LogP) is 4.10. The molecule has 0 saturated heterocycles. The van der Waals surface area contributed by atoms with Gasteiger partial charge in [-0.2, -0.15) is 0 Å². The third-order valence-corrected chi connectivity index (χ3v) is 4.66. The molecule has 0 aliphatic heterocycles. The molecular weight excluding hydrogens is 307 g/mol. The minimum absolute atomic E-state index is 0.234. The molecule has 19 heavy (non-hydrogen) atoms. The summed E-state index contributed by atoms with van der Waals surface area (Å²) in [5, 5.41) is 0. The van der Waals surface area contributed by atoms with E-state index < -0.39 is 0 Å². The highest BCUT2D eigenvalue weighted by Gasteiger charge is 2.36. The van der Waals surface area contributed by atoms with E-state index >= 15 is 0 Å². The second-order valence-electron chi connectivity index (χ2n) is 5.03. The van der Waals surface area contributed by atoms with E-state index in [-0.39, 0.29) is 17.4 Å². The van der Waals surface area contributed by atoms with E-state index in [1.165, 1.54) is 6.07 Å². The minimum atomic E-state index is -0.352. The number of benzene rings is 1. The first-order valence-electron chi connectivity index (χ1n) is 6.86. The lowest BCUT2D eigenvalue weighted by Gasteiger charge is -2.44. The van der Waals surface area contributed by atoms with Crippen molar-refractivity contribution in [2.45, 2.75) is 45.7 Å². The van der Waals surface area contributed by atoms with Crippen LogP contribution in [0.2, 0.25) is 0 Å². The minimum Gasteiger partial charge on any atom is -0.322 e. The molecule has 0 spiro atoms. The van der Waals surface area contributed by atoms with E-state index in [1.807, 2.05) is 0 Å². The number of halogens is 2. The topological polar surface area (TPSA) is 29.3 Å². The zero-order valence-electron chi connectivity index (χ0n) is 12.2. The van der Waals surface area contributed by atoms with Crippen molar-refractivity contribution >= 4 is 15.9 Å². The van der Waals surface area contributed by atoms with Crippen molar-refractivity contribution in [1.29, 1.82) is 0 Å². The van der Waals surface area contributed by atoms with Gasteiger partial charge in [0.25, 0.3) is 0 Å². The van der Waals surface area contributed by atoms with E-state index in [4.69, 9.17) is 5.73 Å². The van der Waals surface area contributed by atoms with Crippen LogP contribution in [0.4, 0.5) is 4.39 Å². The number of hydrogen-bond donors (Lipinski definition) is 1. The summed E-state index contributed by atoms with van der Waals surface area (Å²) in [4.78, 5) is 2.30. The fourth-order valence-electron chi connectivity index (χ4n) is 2.67. The Morgan fingerprint density at radius 1 is 1.32 bits per heavy atom. The molecular formula is C15H24BrFN2. The molecule has 2 unspecified atom stereocenters. The van der Waals surface area contributed by atoms with E-state index in [0.717, 1.165) is 24.0 Å². The van der Waals surface area contributed by atoms with Gasteiger partial charge in [-0.3, -0.25) is 4.90 Å². The molecule has 108 valence electrons. The average Bonchev–Trinajstić information content (AvgIpc) is 2.41. The third-order valence-electron chi connectivity index (χ3n) is 4.16. The summed E-state index contributed by atoms with van der Waals surface area (Å²) in [5.41, 5.74) is 6.73. The van der Waals surface area contributed by atoms with Gasteiger partial charge in [-0.1, -0.05) is 36.7 Å². The Labute approximate surface area is 124 Å². The van der Waals surface area contributed by atoms with Crippen molar-refractivity contribution in [3.8, 4) is 0 Å². The Morgan fingerprint density at radius 3 is 2.37 bits per heavy atom. The first-order chi connectivity index (χ1) is 8.90. The molecule has 0 aliphatic rings. The number of likely N-dealkylation sites (N-methyl/N-ethyl adjacent to an activating group) is 1.